The molecule has 1 aliphatic rings. The van der Waals surface area contributed by atoms with Gasteiger partial charge < -0.3 is 4.57 Å². The maximum absolute atomic E-state index is 14.0. The summed E-state index contributed by atoms with van der Waals surface area (Å²) in [7, 11) is 3.02. The van der Waals surface area contributed by atoms with Gasteiger partial charge in [0.25, 0.3) is 11.8 Å². The van der Waals surface area contributed by atoms with Gasteiger partial charge in [0, 0.05) is 26.0 Å². The molecule has 5 nitrogen and oxygen atoms in total. The average Bonchev–Trinajstić information content (AvgIpc) is 3.03. The van der Waals surface area contributed by atoms with Gasteiger partial charge in [-0.3, -0.25) is 19.4 Å². The zero-order valence-electron chi connectivity index (χ0n) is 13.1. The van der Waals surface area contributed by atoms with Crippen molar-refractivity contribution < 1.29 is 14.0 Å². The molecule has 0 aliphatic carbocycles. The molecule has 24 heavy (non-hydrogen) atoms. The second-order valence-electron chi connectivity index (χ2n) is 5.32. The van der Waals surface area contributed by atoms with Crippen molar-refractivity contribution in [3.05, 3.63) is 59.7 Å². The quantitative estimate of drug-likeness (QED) is 0.477. The molecule has 2 heterocycles. The fraction of sp³-hybridized carbons (Fsp3) is 0.118. The van der Waals surface area contributed by atoms with Crippen LogP contribution in [0.2, 0.25) is 0 Å². The number of hydrogen-bond acceptors (Lipinski definition) is 3. The molecule has 7 heteroatoms. The number of carbonyl (C=O) groups is 2. The van der Waals surface area contributed by atoms with Gasteiger partial charge >= 0.3 is 0 Å². The van der Waals surface area contributed by atoms with E-state index in [4.69, 9.17) is 12.2 Å². The van der Waals surface area contributed by atoms with Gasteiger partial charge in [-0.1, -0.05) is 12.1 Å². The molecule has 0 radical (unpaired) electrons. The fourth-order valence-electron chi connectivity index (χ4n) is 2.50. The van der Waals surface area contributed by atoms with Crippen LogP contribution in [0.15, 0.2) is 48.2 Å². The molecule has 3 rings (SSSR count). The van der Waals surface area contributed by atoms with Crippen molar-refractivity contribution in [3.8, 4) is 5.69 Å². The molecule has 0 bridgehead atoms. The maximum atomic E-state index is 14.0. The Balaban J connectivity index is 2.09. The molecule has 2 aromatic rings. The number of aromatic nitrogens is 1. The third kappa shape index (κ3) is 2.52. The number of halogens is 1. The summed E-state index contributed by atoms with van der Waals surface area (Å²) >= 11 is 5.05. The molecule has 0 N–H and O–H groups in total. The Morgan fingerprint density at radius 1 is 1.00 bits per heavy atom. The van der Waals surface area contributed by atoms with Crippen LogP contribution < -0.4 is 0 Å². The fourth-order valence-corrected chi connectivity index (χ4v) is 2.67. The van der Waals surface area contributed by atoms with Gasteiger partial charge in [0.1, 0.15) is 11.4 Å². The van der Waals surface area contributed by atoms with Gasteiger partial charge in [-0.2, -0.15) is 0 Å². The Morgan fingerprint density at radius 2 is 1.62 bits per heavy atom. The predicted octanol–water partition coefficient (Wildman–Crippen LogP) is 2.22. The third-order valence-electron chi connectivity index (χ3n) is 3.83. The van der Waals surface area contributed by atoms with Crippen LogP contribution in [0.5, 0.6) is 0 Å². The molecule has 1 aromatic heterocycles. The zero-order valence-corrected chi connectivity index (χ0v) is 13.9. The molecule has 1 saturated heterocycles. The van der Waals surface area contributed by atoms with Gasteiger partial charge in [0.2, 0.25) is 0 Å². The Labute approximate surface area is 143 Å². The highest BCUT2D eigenvalue weighted by atomic mass is 32.1. The number of nitrogens with zero attached hydrogens (tertiary/aromatic N) is 3. The van der Waals surface area contributed by atoms with Gasteiger partial charge in [-0.25, -0.2) is 4.39 Å². The summed E-state index contributed by atoms with van der Waals surface area (Å²) in [5.41, 5.74) is 0.832. The van der Waals surface area contributed by atoms with Gasteiger partial charge in [-0.15, -0.1) is 0 Å². The van der Waals surface area contributed by atoms with E-state index in [-0.39, 0.29) is 10.7 Å². The van der Waals surface area contributed by atoms with Crippen LogP contribution in [0, 0.1) is 5.82 Å². The van der Waals surface area contributed by atoms with Crippen molar-refractivity contribution in [1.82, 2.24) is 14.4 Å². The Hall–Kier alpha value is -2.80. The minimum atomic E-state index is -0.482. The molecule has 0 unspecified atom stereocenters. The molecule has 0 spiro atoms. The smallest absolute Gasteiger partial charge is 0.265 e. The first-order valence-corrected chi connectivity index (χ1v) is 7.56. The van der Waals surface area contributed by atoms with Crippen LogP contribution >= 0.6 is 12.2 Å². The van der Waals surface area contributed by atoms with E-state index in [0.29, 0.717) is 11.4 Å². The van der Waals surface area contributed by atoms with Crippen LogP contribution in [0.3, 0.4) is 0 Å². The molecular weight excluding hydrogens is 329 g/mol. The van der Waals surface area contributed by atoms with Crippen molar-refractivity contribution in [2.24, 2.45) is 0 Å². The first kappa shape index (κ1) is 16.1. The molecule has 1 aromatic carbocycles. The topological polar surface area (TPSA) is 45.6 Å². The highest BCUT2D eigenvalue weighted by molar-refractivity contribution is 7.80. The van der Waals surface area contributed by atoms with E-state index in [2.05, 4.69) is 0 Å². The number of carbonyl (C=O) groups excluding carboxylic acids is 2. The first-order valence-electron chi connectivity index (χ1n) is 7.16. The molecule has 0 saturated carbocycles. The molecular formula is C17H14FN3O2S. The second-order valence-corrected chi connectivity index (χ2v) is 5.69. The lowest BCUT2D eigenvalue weighted by atomic mass is 10.1. The first-order chi connectivity index (χ1) is 11.4. The Morgan fingerprint density at radius 3 is 2.25 bits per heavy atom. The summed E-state index contributed by atoms with van der Waals surface area (Å²) < 4.78 is 15.6. The molecule has 1 aliphatic heterocycles. The standard InChI is InChI=1S/C17H14FN3O2S/c1-19-15(22)12(16(23)20(2)17(19)24)10-11-6-5-9-21(11)14-8-4-3-7-13(14)18/h3-10H,1-2H3. The van der Waals surface area contributed by atoms with E-state index in [9.17, 15) is 14.0 Å². The van der Waals surface area contributed by atoms with Crippen LogP contribution in [0.4, 0.5) is 4.39 Å². The maximum Gasteiger partial charge on any atom is 0.265 e. The van der Waals surface area contributed by atoms with Crippen LogP contribution in [0.25, 0.3) is 11.8 Å². The molecule has 1 fully saturated rings. The molecule has 122 valence electrons. The van der Waals surface area contributed by atoms with Crippen molar-refractivity contribution in [1.29, 1.82) is 0 Å². The number of likely N-dealkylation sites (N-methyl/N-ethyl adjacent to an activating group) is 2. The van der Waals surface area contributed by atoms with Crippen molar-refractivity contribution in [2.45, 2.75) is 0 Å². The number of hydrogen-bond donors (Lipinski definition) is 0. The summed E-state index contributed by atoms with van der Waals surface area (Å²) in [6, 6.07) is 9.70. The minimum Gasteiger partial charge on any atom is -0.314 e. The van der Waals surface area contributed by atoms with E-state index in [1.807, 2.05) is 0 Å². The van der Waals surface area contributed by atoms with Gasteiger partial charge in [0.05, 0.1) is 5.69 Å². The second kappa shape index (κ2) is 6.01. The van der Waals surface area contributed by atoms with Crippen LogP contribution in [-0.2, 0) is 9.59 Å². The number of thiocarbonyl (C=S) groups is 1. The summed E-state index contributed by atoms with van der Waals surface area (Å²) in [5.74, 6) is -1.36. The summed E-state index contributed by atoms with van der Waals surface area (Å²) in [6.45, 7) is 0. The Bertz CT molecular complexity index is 861. The zero-order chi connectivity index (χ0) is 17.4. The molecule has 0 atom stereocenters. The summed E-state index contributed by atoms with van der Waals surface area (Å²) in [5, 5.41) is 0.145. The summed E-state index contributed by atoms with van der Waals surface area (Å²) in [6.07, 6.45) is 3.12. The normalized spacial score (nSPS) is 15.3. The van der Waals surface area contributed by atoms with Crippen LogP contribution in [0.1, 0.15) is 5.69 Å². The minimum absolute atomic E-state index is 0.0233. The third-order valence-corrected chi connectivity index (χ3v) is 4.38. The van der Waals surface area contributed by atoms with E-state index >= 15 is 0 Å². The SMILES string of the molecule is CN1C(=O)C(=Cc2cccn2-c2ccccc2F)C(=O)N(C)C1=S. The Kier molecular flexibility index (Phi) is 4.02. The lowest BCUT2D eigenvalue weighted by molar-refractivity contribution is -0.132. The summed E-state index contributed by atoms with van der Waals surface area (Å²) in [4.78, 5) is 27.2. The number of amides is 2. The number of para-hydroxylation sites is 1. The lowest BCUT2D eigenvalue weighted by Crippen LogP contribution is -2.52. The number of benzene rings is 1. The highest BCUT2D eigenvalue weighted by Crippen LogP contribution is 2.21. The van der Waals surface area contributed by atoms with Crippen molar-refractivity contribution >= 4 is 35.2 Å². The largest absolute Gasteiger partial charge is 0.314 e. The highest BCUT2D eigenvalue weighted by Gasteiger charge is 2.35. The predicted molar refractivity (Wildman–Crippen MR) is 91.8 cm³/mol. The van der Waals surface area contributed by atoms with E-state index in [1.165, 1.54) is 36.0 Å². The lowest BCUT2D eigenvalue weighted by Gasteiger charge is -2.31. The van der Waals surface area contributed by atoms with E-state index in [0.717, 1.165) is 0 Å². The van der Waals surface area contributed by atoms with Crippen molar-refractivity contribution in [3.63, 3.8) is 0 Å². The monoisotopic (exact) mass is 343 g/mol. The van der Waals surface area contributed by atoms with E-state index in [1.54, 1.807) is 41.1 Å². The van der Waals surface area contributed by atoms with Crippen molar-refractivity contribution in [2.75, 3.05) is 14.1 Å². The van der Waals surface area contributed by atoms with Gasteiger partial charge in [-0.05, 0) is 42.6 Å². The average molecular weight is 343 g/mol. The van der Waals surface area contributed by atoms with Crippen LogP contribution in [-0.4, -0.2) is 45.4 Å². The van der Waals surface area contributed by atoms with E-state index < -0.39 is 17.6 Å². The van der Waals surface area contributed by atoms with Gasteiger partial charge in [0.15, 0.2) is 5.11 Å². The molecule has 2 amide bonds. The number of rotatable bonds is 2.